The predicted molar refractivity (Wildman–Crippen MR) is 237 cm³/mol. The van der Waals surface area contributed by atoms with Crippen LogP contribution in [-0.4, -0.2) is 4.57 Å². The highest BCUT2D eigenvalue weighted by atomic mass is 32.1. The predicted octanol–water partition coefficient (Wildman–Crippen LogP) is 15.1. The number of nitrogens with zero attached hydrogens (tertiary/aromatic N) is 2. The van der Waals surface area contributed by atoms with E-state index in [0.29, 0.717) is 0 Å². The van der Waals surface area contributed by atoms with Crippen LogP contribution in [0.2, 0.25) is 0 Å². The van der Waals surface area contributed by atoms with E-state index >= 15 is 0 Å². The normalized spacial score (nSPS) is 11.6. The third-order valence-electron chi connectivity index (χ3n) is 11.0. The van der Waals surface area contributed by atoms with E-state index in [1.54, 1.807) is 0 Å². The van der Waals surface area contributed by atoms with Crippen molar-refractivity contribution in [3.05, 3.63) is 206 Å². The molecule has 2 nitrogen and oxygen atoms in total. The molecule has 0 aliphatic heterocycles. The van der Waals surface area contributed by atoms with Gasteiger partial charge < -0.3 is 9.47 Å². The number of para-hydroxylation sites is 4. The Morgan fingerprint density at radius 1 is 0.345 bits per heavy atom. The van der Waals surface area contributed by atoms with Crippen molar-refractivity contribution in [3.63, 3.8) is 0 Å². The maximum absolute atomic E-state index is 2.43. The number of hydrogen-bond donors (Lipinski definition) is 0. The molecule has 11 aromatic rings. The summed E-state index contributed by atoms with van der Waals surface area (Å²) in [5.41, 5.74) is 11.8. The van der Waals surface area contributed by atoms with E-state index in [0.717, 1.165) is 17.1 Å². The van der Waals surface area contributed by atoms with Crippen molar-refractivity contribution in [1.82, 2.24) is 4.57 Å². The van der Waals surface area contributed by atoms with Crippen molar-refractivity contribution in [3.8, 4) is 27.9 Å². The van der Waals surface area contributed by atoms with E-state index in [-0.39, 0.29) is 0 Å². The largest absolute Gasteiger partial charge is 0.310 e. The molecule has 0 atom stereocenters. The third kappa shape index (κ3) is 5.09. The lowest BCUT2D eigenvalue weighted by molar-refractivity contribution is 1.18. The number of benzene rings is 9. The molecule has 258 valence electrons. The van der Waals surface area contributed by atoms with E-state index in [2.05, 4.69) is 216 Å². The Morgan fingerprint density at radius 3 is 1.67 bits per heavy atom. The molecule has 0 amide bonds. The van der Waals surface area contributed by atoms with E-state index in [1.165, 1.54) is 80.7 Å². The number of aromatic nitrogens is 1. The lowest BCUT2D eigenvalue weighted by Crippen LogP contribution is -2.10. The molecule has 0 saturated heterocycles. The Balaban J connectivity index is 1.07. The second-order valence-electron chi connectivity index (χ2n) is 14.1. The van der Waals surface area contributed by atoms with Crippen LogP contribution in [0.15, 0.2) is 206 Å². The van der Waals surface area contributed by atoms with E-state index in [4.69, 9.17) is 0 Å². The molecule has 0 aliphatic carbocycles. The van der Waals surface area contributed by atoms with Crippen LogP contribution in [-0.2, 0) is 0 Å². The summed E-state index contributed by atoms with van der Waals surface area (Å²) in [5.74, 6) is 0. The molecule has 2 aromatic heterocycles. The van der Waals surface area contributed by atoms with Gasteiger partial charge in [-0.3, -0.25) is 0 Å². The first-order chi connectivity index (χ1) is 27.3. The van der Waals surface area contributed by atoms with Crippen molar-refractivity contribution >= 4 is 81.1 Å². The first kappa shape index (κ1) is 31.6. The molecule has 9 aromatic carbocycles. The van der Waals surface area contributed by atoms with Gasteiger partial charge in [0.2, 0.25) is 0 Å². The van der Waals surface area contributed by atoms with Gasteiger partial charge in [-0.15, -0.1) is 11.3 Å². The highest BCUT2D eigenvalue weighted by Gasteiger charge is 2.20. The second-order valence-corrected chi connectivity index (χ2v) is 15.1. The fourth-order valence-electron chi connectivity index (χ4n) is 8.56. The molecule has 3 heteroatoms. The number of thiophene rings is 1. The average Bonchev–Trinajstić information content (AvgIpc) is 3.81. The molecule has 0 unspecified atom stereocenters. The lowest BCUT2D eigenvalue weighted by Gasteiger charge is -2.28. The zero-order valence-electron chi connectivity index (χ0n) is 29.9. The molecule has 0 bridgehead atoms. The third-order valence-corrected chi connectivity index (χ3v) is 12.2. The van der Waals surface area contributed by atoms with Gasteiger partial charge in [-0.1, -0.05) is 152 Å². The van der Waals surface area contributed by atoms with Gasteiger partial charge >= 0.3 is 0 Å². The summed E-state index contributed by atoms with van der Waals surface area (Å²) < 4.78 is 5.09. The standard InChI is InChI=1S/C52H34N2S/c1-2-15-36(16-3-1)53(37-31-29-35(30-32-37)38-23-14-24-46-45-22-9-13-28-51(45)55-52(38)46)50-34-33-40(39-17-4-5-18-41(39)50)42-19-6-10-25-47(42)54-48-26-11-7-20-43(48)44-21-8-12-27-49(44)54/h1-34H. The molecular weight excluding hydrogens is 685 g/mol. The molecule has 0 N–H and O–H groups in total. The summed E-state index contributed by atoms with van der Waals surface area (Å²) in [6, 6.07) is 75.1. The minimum atomic E-state index is 1.11. The van der Waals surface area contributed by atoms with Gasteiger partial charge in [-0.2, -0.15) is 0 Å². The second kappa shape index (κ2) is 12.9. The summed E-state index contributed by atoms with van der Waals surface area (Å²) in [7, 11) is 0. The summed E-state index contributed by atoms with van der Waals surface area (Å²) in [4.78, 5) is 2.40. The van der Waals surface area contributed by atoms with E-state index < -0.39 is 0 Å². The van der Waals surface area contributed by atoms with Gasteiger partial charge in [0.15, 0.2) is 0 Å². The van der Waals surface area contributed by atoms with Crippen molar-refractivity contribution in [1.29, 1.82) is 0 Å². The Labute approximate surface area is 323 Å². The van der Waals surface area contributed by atoms with Crippen LogP contribution in [0.3, 0.4) is 0 Å². The molecule has 0 spiro atoms. The summed E-state index contributed by atoms with van der Waals surface area (Å²) >= 11 is 1.88. The van der Waals surface area contributed by atoms with Crippen LogP contribution < -0.4 is 4.90 Å². The Kier molecular flexibility index (Phi) is 7.39. The highest BCUT2D eigenvalue weighted by molar-refractivity contribution is 7.26. The lowest BCUT2D eigenvalue weighted by atomic mass is 9.95. The quantitative estimate of drug-likeness (QED) is 0.166. The fraction of sp³-hybridized carbons (Fsp3) is 0. The SMILES string of the molecule is c1ccc(N(c2ccc(-c3cccc4c3sc3ccccc34)cc2)c2ccc(-c3ccccc3-n3c4ccccc4c4ccccc43)c3ccccc23)cc1. The molecular formula is C52H34N2S. The zero-order valence-corrected chi connectivity index (χ0v) is 30.7. The van der Waals surface area contributed by atoms with Crippen molar-refractivity contribution in [2.75, 3.05) is 4.90 Å². The number of anilines is 3. The van der Waals surface area contributed by atoms with Crippen molar-refractivity contribution in [2.24, 2.45) is 0 Å². The molecule has 0 fully saturated rings. The maximum atomic E-state index is 2.43. The zero-order chi connectivity index (χ0) is 36.3. The number of hydrogen-bond acceptors (Lipinski definition) is 2. The van der Waals surface area contributed by atoms with Crippen LogP contribution in [0.5, 0.6) is 0 Å². The molecule has 55 heavy (non-hydrogen) atoms. The van der Waals surface area contributed by atoms with E-state index in [1.807, 2.05) is 11.3 Å². The number of rotatable bonds is 6. The van der Waals surface area contributed by atoms with Crippen LogP contribution in [0.25, 0.3) is 80.7 Å². The van der Waals surface area contributed by atoms with E-state index in [9.17, 15) is 0 Å². The molecule has 0 radical (unpaired) electrons. The van der Waals surface area contributed by atoms with Gasteiger partial charge in [-0.05, 0) is 76.7 Å². The van der Waals surface area contributed by atoms with Crippen LogP contribution in [0.4, 0.5) is 17.1 Å². The van der Waals surface area contributed by atoms with Gasteiger partial charge in [0.1, 0.15) is 0 Å². The minimum Gasteiger partial charge on any atom is -0.310 e. The Morgan fingerprint density at radius 2 is 0.909 bits per heavy atom. The maximum Gasteiger partial charge on any atom is 0.0541 e. The Bertz CT molecular complexity index is 3150. The van der Waals surface area contributed by atoms with Gasteiger partial charge in [0.05, 0.1) is 22.4 Å². The molecule has 2 heterocycles. The van der Waals surface area contributed by atoms with Crippen LogP contribution >= 0.6 is 11.3 Å². The first-order valence-electron chi connectivity index (χ1n) is 18.8. The molecule has 0 aliphatic rings. The highest BCUT2D eigenvalue weighted by Crippen LogP contribution is 2.45. The minimum absolute atomic E-state index is 1.11. The topological polar surface area (TPSA) is 8.17 Å². The van der Waals surface area contributed by atoms with Crippen molar-refractivity contribution < 1.29 is 0 Å². The fourth-order valence-corrected chi connectivity index (χ4v) is 9.80. The van der Waals surface area contributed by atoms with Crippen LogP contribution in [0.1, 0.15) is 0 Å². The average molecular weight is 719 g/mol. The summed E-state index contributed by atoms with van der Waals surface area (Å²) in [6.07, 6.45) is 0. The molecule has 0 saturated carbocycles. The monoisotopic (exact) mass is 718 g/mol. The van der Waals surface area contributed by atoms with Gasteiger partial charge in [0, 0.05) is 53.3 Å². The number of fused-ring (bicyclic) bond motifs is 7. The van der Waals surface area contributed by atoms with Crippen LogP contribution in [0, 0.1) is 0 Å². The van der Waals surface area contributed by atoms with Gasteiger partial charge in [0.25, 0.3) is 0 Å². The van der Waals surface area contributed by atoms with Gasteiger partial charge in [-0.25, -0.2) is 0 Å². The van der Waals surface area contributed by atoms with Crippen molar-refractivity contribution in [2.45, 2.75) is 0 Å². The first-order valence-corrected chi connectivity index (χ1v) is 19.6. The summed E-state index contributed by atoms with van der Waals surface area (Å²) in [5, 5.41) is 7.57. The smallest absolute Gasteiger partial charge is 0.0541 e. The summed E-state index contributed by atoms with van der Waals surface area (Å²) in [6.45, 7) is 0. The molecule has 11 rings (SSSR count). The Hall–Kier alpha value is -6.94.